The normalized spacial score (nSPS) is 20.0. The average molecular weight is 371 g/mol. The Morgan fingerprint density at radius 1 is 1.15 bits per heavy atom. The van der Waals surface area contributed by atoms with Crippen LogP contribution in [0.4, 0.5) is 0 Å². The van der Waals surface area contributed by atoms with Crippen LogP contribution in [0.2, 0.25) is 5.02 Å². The van der Waals surface area contributed by atoms with E-state index in [1.54, 1.807) is 6.07 Å². The molecule has 0 radical (unpaired) electrons. The second-order valence-corrected chi connectivity index (χ2v) is 7.03. The van der Waals surface area contributed by atoms with Gasteiger partial charge in [0.05, 0.1) is 11.9 Å². The molecule has 6 nitrogen and oxygen atoms in total. The Bertz CT molecular complexity index is 865. The van der Waals surface area contributed by atoms with Gasteiger partial charge in [0.2, 0.25) is 0 Å². The van der Waals surface area contributed by atoms with Gasteiger partial charge >= 0.3 is 0 Å². The fourth-order valence-corrected chi connectivity index (χ4v) is 3.55. The molecule has 0 unspecified atom stereocenters. The lowest BCUT2D eigenvalue weighted by molar-refractivity contribution is 0.0916. The molecule has 2 aromatic heterocycles. The second kappa shape index (κ2) is 7.33. The van der Waals surface area contributed by atoms with Crippen molar-refractivity contribution in [3.8, 4) is 11.3 Å². The third-order valence-corrected chi connectivity index (χ3v) is 5.12. The molecule has 3 aromatic rings. The minimum absolute atomic E-state index is 0.168. The molecule has 2 N–H and O–H groups in total. The fourth-order valence-electron chi connectivity index (χ4n) is 3.42. The smallest absolute Gasteiger partial charge is 0.273 e. The number of aromatic nitrogens is 3. The Morgan fingerprint density at radius 2 is 1.92 bits per heavy atom. The van der Waals surface area contributed by atoms with Crippen LogP contribution < -0.4 is 5.32 Å². The van der Waals surface area contributed by atoms with E-state index in [4.69, 9.17) is 16.1 Å². The first-order chi connectivity index (χ1) is 12.7. The molecule has 0 aliphatic heterocycles. The number of H-pyrrole nitrogens is 1. The zero-order valence-electron chi connectivity index (χ0n) is 14.1. The van der Waals surface area contributed by atoms with E-state index in [2.05, 4.69) is 20.4 Å². The first kappa shape index (κ1) is 16.8. The van der Waals surface area contributed by atoms with Crippen LogP contribution in [-0.2, 0) is 0 Å². The lowest BCUT2D eigenvalue weighted by Gasteiger charge is -2.27. The molecule has 0 spiro atoms. The van der Waals surface area contributed by atoms with Crippen molar-refractivity contribution in [3.63, 3.8) is 0 Å². The number of rotatable bonds is 4. The Balaban J connectivity index is 1.35. The summed E-state index contributed by atoms with van der Waals surface area (Å²) in [6.45, 7) is 0. The molecule has 0 atom stereocenters. The maximum atomic E-state index is 12.0. The van der Waals surface area contributed by atoms with Crippen LogP contribution in [0.15, 0.2) is 47.3 Å². The Hall–Kier alpha value is -2.60. The van der Waals surface area contributed by atoms with Crippen molar-refractivity contribution in [3.05, 3.63) is 59.3 Å². The van der Waals surface area contributed by atoms with Crippen LogP contribution >= 0.6 is 11.6 Å². The number of amides is 1. The molecule has 1 aliphatic rings. The van der Waals surface area contributed by atoms with Gasteiger partial charge in [0.1, 0.15) is 12.1 Å². The van der Waals surface area contributed by atoms with Gasteiger partial charge in [0.25, 0.3) is 5.91 Å². The van der Waals surface area contributed by atoms with Crippen molar-refractivity contribution in [1.29, 1.82) is 0 Å². The molecule has 2 heterocycles. The summed E-state index contributed by atoms with van der Waals surface area (Å²) in [4.78, 5) is 20.0. The number of carbonyl (C=O) groups excluding carboxylic acids is 1. The van der Waals surface area contributed by atoms with Crippen LogP contribution in [-0.4, -0.2) is 27.1 Å². The summed E-state index contributed by atoms with van der Waals surface area (Å²) >= 11 is 5.94. The monoisotopic (exact) mass is 370 g/mol. The number of aromatic amines is 1. The average Bonchev–Trinajstić information content (AvgIpc) is 3.35. The van der Waals surface area contributed by atoms with Gasteiger partial charge in [-0.2, -0.15) is 0 Å². The maximum absolute atomic E-state index is 12.0. The highest BCUT2D eigenvalue weighted by atomic mass is 35.5. The topological polar surface area (TPSA) is 83.8 Å². The Kier molecular flexibility index (Phi) is 4.75. The number of halogens is 1. The largest absolute Gasteiger partial charge is 0.364 e. The zero-order valence-corrected chi connectivity index (χ0v) is 14.9. The predicted octanol–water partition coefficient (Wildman–Crippen LogP) is 4.17. The third-order valence-electron chi connectivity index (χ3n) is 4.87. The predicted molar refractivity (Wildman–Crippen MR) is 98.0 cm³/mol. The van der Waals surface area contributed by atoms with Gasteiger partial charge in [-0.25, -0.2) is 4.98 Å². The zero-order chi connectivity index (χ0) is 17.9. The summed E-state index contributed by atoms with van der Waals surface area (Å²) in [5.41, 5.74) is 2.39. The minimum Gasteiger partial charge on any atom is -0.364 e. The molecule has 1 saturated carbocycles. The second-order valence-electron chi connectivity index (χ2n) is 6.60. The first-order valence-corrected chi connectivity index (χ1v) is 9.09. The van der Waals surface area contributed by atoms with E-state index in [-0.39, 0.29) is 11.9 Å². The lowest BCUT2D eigenvalue weighted by atomic mass is 9.85. The standard InChI is InChI=1S/C19H19ClN4O2/c20-14-5-1-12(2-6-14)17-11-21-18(23-17)13-3-7-15(8-4-13)22-19(25)16-9-10-26-24-16/h1-2,5-6,9-11,13,15H,3-4,7-8H2,(H,21,23)(H,22,25). The van der Waals surface area contributed by atoms with Gasteiger partial charge in [-0.05, 0) is 43.4 Å². The molecule has 4 rings (SSSR count). The SMILES string of the molecule is O=C(NC1CCC(c2ncc(-c3ccc(Cl)cc3)[nH]2)CC1)c1ccon1. The van der Waals surface area contributed by atoms with Gasteiger partial charge < -0.3 is 14.8 Å². The van der Waals surface area contributed by atoms with Crippen molar-refractivity contribution in [1.82, 2.24) is 20.4 Å². The molecular weight excluding hydrogens is 352 g/mol. The van der Waals surface area contributed by atoms with E-state index in [9.17, 15) is 4.79 Å². The van der Waals surface area contributed by atoms with Gasteiger partial charge in [0, 0.05) is 23.0 Å². The van der Waals surface area contributed by atoms with Crippen molar-refractivity contribution in [2.75, 3.05) is 0 Å². The lowest BCUT2D eigenvalue weighted by Crippen LogP contribution is -2.37. The molecule has 1 amide bonds. The number of carbonyl (C=O) groups is 1. The van der Waals surface area contributed by atoms with Crippen LogP contribution in [0.25, 0.3) is 11.3 Å². The number of hydrogen-bond acceptors (Lipinski definition) is 4. The maximum Gasteiger partial charge on any atom is 0.273 e. The van der Waals surface area contributed by atoms with Crippen molar-refractivity contribution in [2.24, 2.45) is 0 Å². The number of nitrogens with zero attached hydrogens (tertiary/aromatic N) is 2. The van der Waals surface area contributed by atoms with Crippen molar-refractivity contribution >= 4 is 17.5 Å². The number of imidazole rings is 1. The molecule has 1 aromatic carbocycles. The Morgan fingerprint density at radius 3 is 2.62 bits per heavy atom. The van der Waals surface area contributed by atoms with Crippen LogP contribution in [0.3, 0.4) is 0 Å². The molecule has 134 valence electrons. The van der Waals surface area contributed by atoms with Crippen molar-refractivity contribution < 1.29 is 9.32 Å². The Labute approximate surface area is 156 Å². The number of benzene rings is 1. The van der Waals surface area contributed by atoms with E-state index in [0.29, 0.717) is 11.6 Å². The summed E-state index contributed by atoms with van der Waals surface area (Å²) in [6.07, 6.45) is 7.09. The molecule has 26 heavy (non-hydrogen) atoms. The minimum atomic E-state index is -0.176. The summed E-state index contributed by atoms with van der Waals surface area (Å²) < 4.78 is 4.71. The third kappa shape index (κ3) is 3.65. The van der Waals surface area contributed by atoms with Gasteiger partial charge in [-0.15, -0.1) is 0 Å². The number of hydrogen-bond donors (Lipinski definition) is 2. The highest BCUT2D eigenvalue weighted by Crippen LogP contribution is 2.32. The quantitative estimate of drug-likeness (QED) is 0.721. The van der Waals surface area contributed by atoms with Crippen molar-refractivity contribution in [2.45, 2.75) is 37.6 Å². The highest BCUT2D eigenvalue weighted by Gasteiger charge is 2.26. The molecular formula is C19H19ClN4O2. The van der Waals surface area contributed by atoms with Gasteiger partial charge in [-0.3, -0.25) is 4.79 Å². The fraction of sp³-hybridized carbons (Fsp3) is 0.316. The summed E-state index contributed by atoms with van der Waals surface area (Å²) in [7, 11) is 0. The molecule has 1 fully saturated rings. The van der Waals surface area contributed by atoms with E-state index in [0.717, 1.165) is 47.8 Å². The van der Waals surface area contributed by atoms with E-state index in [1.165, 1.54) is 6.26 Å². The summed E-state index contributed by atoms with van der Waals surface area (Å²) in [6, 6.07) is 9.45. The summed E-state index contributed by atoms with van der Waals surface area (Å²) in [5, 5.41) is 7.42. The highest BCUT2D eigenvalue weighted by molar-refractivity contribution is 6.30. The molecule has 0 saturated heterocycles. The summed E-state index contributed by atoms with van der Waals surface area (Å²) in [5.74, 6) is 1.22. The van der Waals surface area contributed by atoms with E-state index in [1.807, 2.05) is 30.5 Å². The van der Waals surface area contributed by atoms with Crippen LogP contribution in [0.5, 0.6) is 0 Å². The van der Waals surface area contributed by atoms with Crippen LogP contribution in [0.1, 0.15) is 47.9 Å². The van der Waals surface area contributed by atoms with E-state index >= 15 is 0 Å². The van der Waals surface area contributed by atoms with Gasteiger partial charge in [-0.1, -0.05) is 28.9 Å². The molecule has 1 aliphatic carbocycles. The van der Waals surface area contributed by atoms with Crippen LogP contribution in [0, 0.1) is 0 Å². The first-order valence-electron chi connectivity index (χ1n) is 8.71. The molecule has 7 heteroatoms. The molecule has 0 bridgehead atoms. The van der Waals surface area contributed by atoms with Gasteiger partial charge in [0.15, 0.2) is 5.69 Å². The number of nitrogens with one attached hydrogen (secondary N) is 2. The van der Waals surface area contributed by atoms with E-state index < -0.39 is 0 Å².